The Bertz CT molecular complexity index is 1490. The molecule has 3 aromatic carbocycles. The first-order chi connectivity index (χ1) is 16.4. The van der Waals surface area contributed by atoms with E-state index in [0.29, 0.717) is 22.6 Å². The van der Waals surface area contributed by atoms with Gasteiger partial charge in [-0.05, 0) is 6.07 Å². The summed E-state index contributed by atoms with van der Waals surface area (Å²) in [5.41, 5.74) is 0.930. The monoisotopic (exact) mass is 460 g/mol. The van der Waals surface area contributed by atoms with Crippen LogP contribution in [0.25, 0.3) is 22.3 Å². The molecular formula is C26H20O8. The quantitative estimate of drug-likeness (QED) is 0.263. The van der Waals surface area contributed by atoms with Gasteiger partial charge in [-0.3, -0.25) is 9.59 Å². The average Bonchev–Trinajstić information content (AvgIpc) is 2.86. The van der Waals surface area contributed by atoms with Crippen LogP contribution in [0.3, 0.4) is 0 Å². The lowest BCUT2D eigenvalue weighted by Gasteiger charge is -2.28. The van der Waals surface area contributed by atoms with E-state index in [0.717, 1.165) is 0 Å². The first kappa shape index (κ1) is 21.4. The maximum absolute atomic E-state index is 13.1. The second kappa shape index (κ2) is 8.15. The van der Waals surface area contributed by atoms with Crippen LogP contribution in [-0.4, -0.2) is 30.4 Å². The molecule has 0 saturated carbocycles. The number of carbonyl (C=O) groups excluding carboxylic acids is 1. The minimum absolute atomic E-state index is 0.0130. The van der Waals surface area contributed by atoms with E-state index in [-0.39, 0.29) is 34.5 Å². The number of benzene rings is 3. The van der Waals surface area contributed by atoms with Gasteiger partial charge in [0.15, 0.2) is 28.4 Å². The SMILES string of the molecule is COc1cccc([C@H]2CC(=O)Oc3c(O)c(O)c4c(=O)cc(-c5ccccc5)oc4c32)c1OC. The van der Waals surface area contributed by atoms with E-state index < -0.39 is 28.8 Å². The van der Waals surface area contributed by atoms with Crippen molar-refractivity contribution in [1.82, 2.24) is 0 Å². The van der Waals surface area contributed by atoms with Gasteiger partial charge in [-0.2, -0.15) is 0 Å². The number of rotatable bonds is 4. The van der Waals surface area contributed by atoms with Gasteiger partial charge in [0.2, 0.25) is 5.75 Å². The molecule has 0 aliphatic carbocycles. The molecule has 4 aromatic rings. The van der Waals surface area contributed by atoms with Crippen molar-refractivity contribution in [2.24, 2.45) is 0 Å². The molecule has 0 amide bonds. The second-order valence-corrected chi connectivity index (χ2v) is 7.80. The van der Waals surface area contributed by atoms with Gasteiger partial charge in [0.1, 0.15) is 16.7 Å². The third-order valence-electron chi connectivity index (χ3n) is 5.92. The summed E-state index contributed by atoms with van der Waals surface area (Å²) < 4.78 is 22.5. The van der Waals surface area contributed by atoms with Crippen LogP contribution in [0.5, 0.6) is 28.7 Å². The number of methoxy groups -OCH3 is 2. The van der Waals surface area contributed by atoms with E-state index in [2.05, 4.69) is 0 Å². The summed E-state index contributed by atoms with van der Waals surface area (Å²) in [6, 6.07) is 15.4. The van der Waals surface area contributed by atoms with Crippen molar-refractivity contribution >= 4 is 16.9 Å². The zero-order valence-corrected chi connectivity index (χ0v) is 18.3. The molecule has 1 aliphatic heterocycles. The Balaban J connectivity index is 1.89. The van der Waals surface area contributed by atoms with Crippen LogP contribution in [0.2, 0.25) is 0 Å². The Hall–Kier alpha value is -4.46. The van der Waals surface area contributed by atoms with Crippen LogP contribution in [0.4, 0.5) is 0 Å². The second-order valence-electron chi connectivity index (χ2n) is 7.80. The van der Waals surface area contributed by atoms with Crippen LogP contribution in [0, 0.1) is 0 Å². The molecule has 0 unspecified atom stereocenters. The highest BCUT2D eigenvalue weighted by Gasteiger charge is 2.38. The Kier molecular flexibility index (Phi) is 5.13. The molecule has 5 rings (SSSR count). The zero-order chi connectivity index (χ0) is 24.0. The Morgan fingerprint density at radius 1 is 0.941 bits per heavy atom. The topological polar surface area (TPSA) is 115 Å². The summed E-state index contributed by atoms with van der Waals surface area (Å²) in [7, 11) is 2.97. The van der Waals surface area contributed by atoms with Crippen molar-refractivity contribution in [3.05, 3.63) is 75.9 Å². The number of phenols is 2. The summed E-state index contributed by atoms with van der Waals surface area (Å²) in [5, 5.41) is 21.1. The lowest BCUT2D eigenvalue weighted by atomic mass is 9.84. The Morgan fingerprint density at radius 2 is 1.71 bits per heavy atom. The molecule has 0 saturated heterocycles. The molecule has 2 heterocycles. The average molecular weight is 460 g/mol. The van der Waals surface area contributed by atoms with Crippen molar-refractivity contribution in [2.45, 2.75) is 12.3 Å². The van der Waals surface area contributed by atoms with Crippen LogP contribution in [0.15, 0.2) is 63.8 Å². The molecule has 8 heteroatoms. The number of hydrogen-bond donors (Lipinski definition) is 2. The number of fused-ring (bicyclic) bond motifs is 3. The fourth-order valence-electron chi connectivity index (χ4n) is 4.40. The van der Waals surface area contributed by atoms with E-state index in [4.69, 9.17) is 18.6 Å². The summed E-state index contributed by atoms with van der Waals surface area (Å²) in [4.78, 5) is 25.6. The normalized spacial score (nSPS) is 15.0. The fraction of sp³-hybridized carbons (Fsp3) is 0.154. The zero-order valence-electron chi connectivity index (χ0n) is 18.3. The number of para-hydroxylation sites is 1. The highest BCUT2D eigenvalue weighted by molar-refractivity contribution is 5.96. The van der Waals surface area contributed by atoms with Gasteiger partial charge in [0.25, 0.3) is 0 Å². The molecule has 0 fully saturated rings. The van der Waals surface area contributed by atoms with E-state index in [1.807, 2.05) is 6.07 Å². The Labute approximate surface area is 193 Å². The molecule has 2 N–H and O–H groups in total. The van der Waals surface area contributed by atoms with Crippen LogP contribution >= 0.6 is 0 Å². The van der Waals surface area contributed by atoms with E-state index >= 15 is 0 Å². The van der Waals surface area contributed by atoms with Crippen molar-refractivity contribution < 1.29 is 33.6 Å². The van der Waals surface area contributed by atoms with Gasteiger partial charge in [-0.1, -0.05) is 42.5 Å². The predicted molar refractivity (Wildman–Crippen MR) is 123 cm³/mol. The summed E-state index contributed by atoms with van der Waals surface area (Å²) in [5.74, 6) is -1.93. The minimum Gasteiger partial charge on any atom is -0.504 e. The van der Waals surface area contributed by atoms with Gasteiger partial charge in [0, 0.05) is 23.1 Å². The number of phenolic OH excluding ortho intramolecular Hbond substituents is 2. The lowest BCUT2D eigenvalue weighted by molar-refractivity contribution is -0.135. The van der Waals surface area contributed by atoms with Crippen molar-refractivity contribution in [1.29, 1.82) is 0 Å². The number of esters is 1. The molecular weight excluding hydrogens is 440 g/mol. The van der Waals surface area contributed by atoms with Crippen LogP contribution < -0.4 is 19.6 Å². The third-order valence-corrected chi connectivity index (χ3v) is 5.92. The van der Waals surface area contributed by atoms with Gasteiger partial charge < -0.3 is 28.8 Å². The number of hydrogen-bond acceptors (Lipinski definition) is 8. The molecule has 34 heavy (non-hydrogen) atoms. The summed E-state index contributed by atoms with van der Waals surface area (Å²) in [6.45, 7) is 0. The van der Waals surface area contributed by atoms with Gasteiger partial charge in [-0.15, -0.1) is 0 Å². The van der Waals surface area contributed by atoms with E-state index in [1.165, 1.54) is 20.3 Å². The van der Waals surface area contributed by atoms with Crippen LogP contribution in [-0.2, 0) is 4.79 Å². The maximum atomic E-state index is 13.1. The van der Waals surface area contributed by atoms with Gasteiger partial charge >= 0.3 is 5.97 Å². The maximum Gasteiger partial charge on any atom is 0.312 e. The number of ether oxygens (including phenoxy) is 3. The molecule has 172 valence electrons. The largest absolute Gasteiger partial charge is 0.504 e. The van der Waals surface area contributed by atoms with Crippen molar-refractivity contribution in [2.75, 3.05) is 14.2 Å². The smallest absolute Gasteiger partial charge is 0.312 e. The molecule has 0 bridgehead atoms. The molecule has 1 aliphatic rings. The van der Waals surface area contributed by atoms with E-state index in [9.17, 15) is 19.8 Å². The molecule has 0 radical (unpaired) electrons. The lowest BCUT2D eigenvalue weighted by Crippen LogP contribution is -2.22. The van der Waals surface area contributed by atoms with Crippen molar-refractivity contribution in [3.8, 4) is 40.1 Å². The molecule has 1 aromatic heterocycles. The Morgan fingerprint density at radius 3 is 2.41 bits per heavy atom. The standard InChI is InChI=1S/C26H20O8/c1-31-17-10-6-9-14(24(17)32-2)15-11-19(28)34-26-20(15)25-21(22(29)23(26)30)16(27)12-18(33-25)13-7-4-3-5-8-13/h3-10,12,15,29-30H,11H2,1-2H3/t15-/m1/s1. The third kappa shape index (κ3) is 3.23. The number of aromatic hydroxyl groups is 2. The highest BCUT2D eigenvalue weighted by atomic mass is 16.5. The fourth-order valence-corrected chi connectivity index (χ4v) is 4.40. The summed E-state index contributed by atoms with van der Waals surface area (Å²) in [6.07, 6.45) is -0.116. The molecule has 0 spiro atoms. The summed E-state index contributed by atoms with van der Waals surface area (Å²) >= 11 is 0. The minimum atomic E-state index is -0.718. The molecule has 8 nitrogen and oxygen atoms in total. The first-order valence-corrected chi connectivity index (χ1v) is 10.5. The molecule has 1 atom stereocenters. The highest BCUT2D eigenvalue weighted by Crippen LogP contribution is 2.53. The van der Waals surface area contributed by atoms with Gasteiger partial charge in [-0.25, -0.2) is 0 Å². The van der Waals surface area contributed by atoms with Crippen LogP contribution in [0.1, 0.15) is 23.5 Å². The van der Waals surface area contributed by atoms with Crippen molar-refractivity contribution in [3.63, 3.8) is 0 Å². The van der Waals surface area contributed by atoms with Gasteiger partial charge in [0.05, 0.1) is 26.2 Å². The first-order valence-electron chi connectivity index (χ1n) is 10.5. The van der Waals surface area contributed by atoms with E-state index in [1.54, 1.807) is 42.5 Å². The number of carbonyl (C=O) groups is 1. The predicted octanol–water partition coefficient (Wildman–Crippen LogP) is 4.33.